The second kappa shape index (κ2) is 8.89. The molecule has 1 aromatic heterocycles. The summed E-state index contributed by atoms with van der Waals surface area (Å²) in [7, 11) is 0. The van der Waals surface area contributed by atoms with E-state index in [0.29, 0.717) is 0 Å². The number of aryl methyl sites for hydroxylation is 1. The molecule has 122 valence electrons. The van der Waals surface area contributed by atoms with Crippen LogP contribution in [-0.4, -0.2) is 36.7 Å². The van der Waals surface area contributed by atoms with Gasteiger partial charge in [-0.15, -0.1) is 11.3 Å². The van der Waals surface area contributed by atoms with Gasteiger partial charge in [-0.3, -0.25) is 0 Å². The van der Waals surface area contributed by atoms with E-state index in [2.05, 4.69) is 57.8 Å². The van der Waals surface area contributed by atoms with Crippen LogP contribution in [0.25, 0.3) is 0 Å². The first-order valence-corrected chi connectivity index (χ1v) is 8.80. The van der Waals surface area contributed by atoms with Crippen molar-refractivity contribution in [3.05, 3.63) is 21.4 Å². The van der Waals surface area contributed by atoms with E-state index in [1.807, 2.05) is 11.3 Å². The molecule has 0 bridgehead atoms. The molecule has 1 aromatic rings. The van der Waals surface area contributed by atoms with Crippen molar-refractivity contribution in [2.75, 3.05) is 26.2 Å². The highest BCUT2D eigenvalue weighted by Crippen LogP contribution is 2.22. The molecular weight excluding hydrogens is 280 g/mol. The molecule has 1 rings (SSSR count). The Hall–Kier alpha value is -0.420. The van der Waals surface area contributed by atoms with E-state index in [9.17, 15) is 0 Å². The van der Waals surface area contributed by atoms with Gasteiger partial charge in [0.15, 0.2) is 0 Å². The molecule has 0 unspecified atom stereocenters. The maximum absolute atomic E-state index is 5.84. The fourth-order valence-electron chi connectivity index (χ4n) is 2.09. The molecule has 0 fully saturated rings. The number of hydrogen-bond acceptors (Lipinski definition) is 4. The minimum atomic E-state index is 0.165. The Kier molecular flexibility index (Phi) is 7.88. The number of rotatable bonds is 9. The Balaban J connectivity index is 2.37. The van der Waals surface area contributed by atoms with Crippen LogP contribution < -0.4 is 5.32 Å². The third-order valence-corrected chi connectivity index (χ3v) is 4.66. The lowest BCUT2D eigenvalue weighted by atomic mass is 10.1. The maximum Gasteiger partial charge on any atom is 0.0728 e. The molecule has 0 aliphatic carbocycles. The molecule has 21 heavy (non-hydrogen) atoms. The Bertz CT molecular complexity index is 405. The van der Waals surface area contributed by atoms with Crippen molar-refractivity contribution in [3.63, 3.8) is 0 Å². The third kappa shape index (κ3) is 7.41. The molecule has 0 atom stereocenters. The quantitative estimate of drug-likeness (QED) is 0.702. The predicted molar refractivity (Wildman–Crippen MR) is 93.1 cm³/mol. The second-order valence-corrected chi connectivity index (χ2v) is 7.82. The fourth-order valence-corrected chi connectivity index (χ4v) is 3.07. The lowest BCUT2D eigenvalue weighted by molar-refractivity contribution is 0.0955. The van der Waals surface area contributed by atoms with E-state index in [4.69, 9.17) is 4.74 Å². The molecule has 0 aromatic carbocycles. The molecule has 0 saturated carbocycles. The smallest absolute Gasteiger partial charge is 0.0728 e. The van der Waals surface area contributed by atoms with E-state index in [1.54, 1.807) is 0 Å². The van der Waals surface area contributed by atoms with E-state index >= 15 is 0 Å². The minimum absolute atomic E-state index is 0.165. The lowest BCUT2D eigenvalue weighted by Gasteiger charge is -2.19. The van der Waals surface area contributed by atoms with Crippen molar-refractivity contribution in [1.82, 2.24) is 10.2 Å². The summed E-state index contributed by atoms with van der Waals surface area (Å²) >= 11 is 1.88. The molecule has 0 spiro atoms. The predicted octanol–water partition coefficient (Wildman–Crippen LogP) is 3.80. The van der Waals surface area contributed by atoms with Gasteiger partial charge in [-0.2, -0.15) is 0 Å². The van der Waals surface area contributed by atoms with Crippen LogP contribution in [0.2, 0.25) is 0 Å². The molecule has 0 saturated heterocycles. The first-order valence-electron chi connectivity index (χ1n) is 7.99. The van der Waals surface area contributed by atoms with E-state index in [1.165, 1.54) is 15.3 Å². The number of thiophene rings is 1. The van der Waals surface area contributed by atoms with E-state index in [-0.39, 0.29) is 5.54 Å². The van der Waals surface area contributed by atoms with Crippen molar-refractivity contribution in [2.24, 2.45) is 0 Å². The van der Waals surface area contributed by atoms with Crippen molar-refractivity contribution in [2.45, 2.75) is 60.2 Å². The van der Waals surface area contributed by atoms with Crippen LogP contribution in [-0.2, 0) is 17.9 Å². The zero-order valence-electron chi connectivity index (χ0n) is 14.6. The zero-order chi connectivity index (χ0) is 15.9. The van der Waals surface area contributed by atoms with Gasteiger partial charge in [0.1, 0.15) is 0 Å². The number of hydrogen-bond donors (Lipinski definition) is 1. The molecule has 0 aliphatic rings. The van der Waals surface area contributed by atoms with Gasteiger partial charge in [-0.1, -0.05) is 13.8 Å². The molecule has 4 heteroatoms. The molecule has 3 nitrogen and oxygen atoms in total. The van der Waals surface area contributed by atoms with Crippen LogP contribution in [0, 0.1) is 6.92 Å². The van der Waals surface area contributed by atoms with E-state index < -0.39 is 0 Å². The number of nitrogens with one attached hydrogen (secondary N) is 1. The van der Waals surface area contributed by atoms with Crippen LogP contribution in [0.15, 0.2) is 6.07 Å². The van der Waals surface area contributed by atoms with Crippen molar-refractivity contribution in [3.8, 4) is 0 Å². The van der Waals surface area contributed by atoms with Gasteiger partial charge in [0, 0.05) is 28.4 Å². The summed E-state index contributed by atoms with van der Waals surface area (Å²) in [5, 5.41) is 3.54. The van der Waals surface area contributed by atoms with Gasteiger partial charge >= 0.3 is 0 Å². The highest BCUT2D eigenvalue weighted by atomic mass is 32.1. The maximum atomic E-state index is 5.84. The standard InChI is InChI=1S/C17H32N2OS/c1-7-19(8-2)9-10-20-13-15-11-16(21-14(15)3)12-18-17(4,5)6/h11,18H,7-10,12-13H2,1-6H3. The summed E-state index contributed by atoms with van der Waals surface area (Å²) in [5.74, 6) is 0. The number of nitrogens with zero attached hydrogens (tertiary/aromatic N) is 1. The normalized spacial score (nSPS) is 12.3. The number of likely N-dealkylation sites (N-methyl/N-ethyl adjacent to an activating group) is 1. The highest BCUT2D eigenvalue weighted by Gasteiger charge is 2.11. The van der Waals surface area contributed by atoms with Crippen LogP contribution >= 0.6 is 11.3 Å². The average molecular weight is 313 g/mol. The average Bonchev–Trinajstić information content (AvgIpc) is 2.77. The summed E-state index contributed by atoms with van der Waals surface area (Å²) in [5.41, 5.74) is 1.50. The van der Waals surface area contributed by atoms with Gasteiger partial charge in [0.2, 0.25) is 0 Å². The van der Waals surface area contributed by atoms with E-state index in [0.717, 1.165) is 39.4 Å². The van der Waals surface area contributed by atoms with Gasteiger partial charge in [0.25, 0.3) is 0 Å². The van der Waals surface area contributed by atoms with Crippen LogP contribution in [0.5, 0.6) is 0 Å². The van der Waals surface area contributed by atoms with Crippen LogP contribution in [0.4, 0.5) is 0 Å². The molecule has 0 amide bonds. The highest BCUT2D eigenvalue weighted by molar-refractivity contribution is 7.12. The van der Waals surface area contributed by atoms with Gasteiger partial charge in [-0.25, -0.2) is 0 Å². The Morgan fingerprint density at radius 3 is 2.48 bits per heavy atom. The largest absolute Gasteiger partial charge is 0.375 e. The first-order chi connectivity index (χ1) is 9.85. The topological polar surface area (TPSA) is 24.5 Å². The summed E-state index contributed by atoms with van der Waals surface area (Å²) in [6.45, 7) is 18.9. The monoisotopic (exact) mass is 312 g/mol. The molecule has 1 heterocycles. The van der Waals surface area contributed by atoms with Crippen LogP contribution in [0.3, 0.4) is 0 Å². The lowest BCUT2D eigenvalue weighted by Crippen LogP contribution is -2.34. The summed E-state index contributed by atoms with van der Waals surface area (Å²) < 4.78 is 5.84. The summed E-state index contributed by atoms with van der Waals surface area (Å²) in [4.78, 5) is 5.16. The first kappa shape index (κ1) is 18.6. The Labute approximate surface area is 134 Å². The van der Waals surface area contributed by atoms with Crippen molar-refractivity contribution < 1.29 is 4.74 Å². The molecular formula is C17H32N2OS. The second-order valence-electron chi connectivity index (χ2n) is 6.48. The number of ether oxygens (including phenoxy) is 1. The SMILES string of the molecule is CCN(CC)CCOCc1cc(CNC(C)(C)C)sc1C. The molecule has 0 aliphatic heterocycles. The van der Waals surface area contributed by atoms with Gasteiger partial charge < -0.3 is 15.0 Å². The zero-order valence-corrected chi connectivity index (χ0v) is 15.4. The van der Waals surface area contributed by atoms with Crippen molar-refractivity contribution >= 4 is 11.3 Å². The van der Waals surface area contributed by atoms with Crippen LogP contribution in [0.1, 0.15) is 49.9 Å². The molecule has 1 N–H and O–H groups in total. The Morgan fingerprint density at radius 2 is 1.90 bits per heavy atom. The summed E-state index contributed by atoms with van der Waals surface area (Å²) in [6, 6.07) is 2.29. The Morgan fingerprint density at radius 1 is 1.24 bits per heavy atom. The minimum Gasteiger partial charge on any atom is -0.375 e. The third-order valence-electron chi connectivity index (χ3n) is 3.57. The van der Waals surface area contributed by atoms with Gasteiger partial charge in [0.05, 0.1) is 13.2 Å². The van der Waals surface area contributed by atoms with Crippen molar-refractivity contribution in [1.29, 1.82) is 0 Å². The fraction of sp³-hybridized carbons (Fsp3) is 0.765. The molecule has 0 radical (unpaired) electrons. The summed E-state index contributed by atoms with van der Waals surface area (Å²) in [6.07, 6.45) is 0. The van der Waals surface area contributed by atoms with Gasteiger partial charge in [-0.05, 0) is 52.4 Å².